The van der Waals surface area contributed by atoms with E-state index in [0.717, 1.165) is 6.20 Å². The molecule has 9 heteroatoms. The second kappa shape index (κ2) is 7.01. The van der Waals surface area contributed by atoms with E-state index >= 15 is 0 Å². The highest BCUT2D eigenvalue weighted by atomic mass is 32.2. The van der Waals surface area contributed by atoms with Gasteiger partial charge in [-0.3, -0.25) is 5.10 Å². The highest BCUT2D eigenvalue weighted by Gasteiger charge is 2.32. The van der Waals surface area contributed by atoms with Gasteiger partial charge >= 0.3 is 5.97 Å². The lowest BCUT2D eigenvalue weighted by atomic mass is 9.97. The number of aromatic nitrogens is 2. The smallest absolute Gasteiger partial charge is 0.342 e. The molecular weight excluding hydrogens is 298 g/mol. The number of nitrogens with zero attached hydrogens (tertiary/aromatic N) is 1. The van der Waals surface area contributed by atoms with Gasteiger partial charge in [0.05, 0.1) is 12.8 Å². The summed E-state index contributed by atoms with van der Waals surface area (Å²) in [6, 6.07) is 0. The van der Waals surface area contributed by atoms with Crippen molar-refractivity contribution in [3.8, 4) is 0 Å². The van der Waals surface area contributed by atoms with Crippen LogP contribution in [0.15, 0.2) is 11.2 Å². The van der Waals surface area contributed by atoms with E-state index in [-0.39, 0.29) is 30.2 Å². The predicted molar refractivity (Wildman–Crippen MR) is 75.3 cm³/mol. The Kier molecular flexibility index (Phi) is 5.87. The van der Waals surface area contributed by atoms with Crippen LogP contribution in [0, 0.1) is 0 Å². The number of aromatic amines is 1. The van der Waals surface area contributed by atoms with Gasteiger partial charge in [-0.15, -0.1) is 0 Å². The fourth-order valence-corrected chi connectivity index (χ4v) is 3.35. The SMILES string of the molecule is CCOC(=O)c1cn[nH]c1S(=O)(=O)NC(C)(CC)CCO. The fraction of sp³-hybridized carbons (Fsp3) is 0.667. The Balaban J connectivity index is 3.09. The standard InChI is InChI=1S/C12H21N3O5S/c1-4-12(3,6-7-16)15-21(18,19)10-9(8-13-14-10)11(17)20-5-2/h8,15-16H,4-7H2,1-3H3,(H,13,14). The van der Waals surface area contributed by atoms with Crippen LogP contribution < -0.4 is 4.72 Å². The third kappa shape index (κ3) is 4.26. The van der Waals surface area contributed by atoms with E-state index in [1.807, 2.05) is 0 Å². The minimum atomic E-state index is -3.98. The summed E-state index contributed by atoms with van der Waals surface area (Å²) in [5.74, 6) is -0.757. The molecule has 0 amide bonds. The molecule has 0 aliphatic rings. The predicted octanol–water partition coefficient (Wildman–Crippen LogP) is 0.416. The normalized spacial score (nSPS) is 14.7. The van der Waals surface area contributed by atoms with E-state index in [1.165, 1.54) is 0 Å². The molecule has 0 spiro atoms. The van der Waals surface area contributed by atoms with Crippen LogP contribution in [0.25, 0.3) is 0 Å². The van der Waals surface area contributed by atoms with Crippen LogP contribution in [-0.4, -0.2) is 48.4 Å². The summed E-state index contributed by atoms with van der Waals surface area (Å²) in [5.41, 5.74) is -0.961. The molecule has 1 aromatic rings. The Morgan fingerprint density at radius 3 is 2.71 bits per heavy atom. The van der Waals surface area contributed by atoms with Gasteiger partial charge in [0.15, 0.2) is 5.03 Å². The van der Waals surface area contributed by atoms with Gasteiger partial charge in [0.1, 0.15) is 5.56 Å². The molecule has 0 aliphatic carbocycles. The number of carbonyl (C=O) groups excluding carboxylic acids is 1. The maximum atomic E-state index is 12.4. The molecule has 0 saturated carbocycles. The van der Waals surface area contributed by atoms with Crippen molar-refractivity contribution in [1.82, 2.24) is 14.9 Å². The molecule has 21 heavy (non-hydrogen) atoms. The average Bonchev–Trinajstić information content (AvgIpc) is 2.89. The first-order valence-corrected chi connectivity index (χ1v) is 8.13. The van der Waals surface area contributed by atoms with Gasteiger partial charge in [-0.05, 0) is 26.7 Å². The van der Waals surface area contributed by atoms with Crippen LogP contribution in [0.1, 0.15) is 44.0 Å². The Labute approximate surface area is 123 Å². The first-order chi connectivity index (χ1) is 9.79. The zero-order chi connectivity index (χ0) is 16.1. The van der Waals surface area contributed by atoms with E-state index in [9.17, 15) is 13.2 Å². The Hall–Kier alpha value is -1.45. The number of sulfonamides is 1. The highest BCUT2D eigenvalue weighted by molar-refractivity contribution is 7.89. The van der Waals surface area contributed by atoms with E-state index in [1.54, 1.807) is 20.8 Å². The van der Waals surface area contributed by atoms with E-state index in [4.69, 9.17) is 9.84 Å². The van der Waals surface area contributed by atoms with Crippen LogP contribution in [-0.2, 0) is 14.8 Å². The lowest BCUT2D eigenvalue weighted by Gasteiger charge is -2.28. The van der Waals surface area contributed by atoms with Gasteiger partial charge in [0, 0.05) is 12.1 Å². The summed E-state index contributed by atoms with van der Waals surface area (Å²) >= 11 is 0. The summed E-state index contributed by atoms with van der Waals surface area (Å²) in [6.07, 6.45) is 1.85. The van der Waals surface area contributed by atoms with Gasteiger partial charge in [-0.1, -0.05) is 6.92 Å². The fourth-order valence-electron chi connectivity index (χ4n) is 1.76. The minimum Gasteiger partial charge on any atom is -0.462 e. The molecule has 8 nitrogen and oxygen atoms in total. The van der Waals surface area contributed by atoms with Crippen molar-refractivity contribution in [2.24, 2.45) is 0 Å². The van der Waals surface area contributed by atoms with Gasteiger partial charge in [-0.2, -0.15) is 5.10 Å². The third-order valence-electron chi connectivity index (χ3n) is 3.19. The van der Waals surface area contributed by atoms with E-state index in [0.29, 0.717) is 6.42 Å². The molecule has 0 bridgehead atoms. The topological polar surface area (TPSA) is 121 Å². The molecule has 1 heterocycles. The lowest BCUT2D eigenvalue weighted by Crippen LogP contribution is -2.46. The number of hydrogen-bond acceptors (Lipinski definition) is 6. The van der Waals surface area contributed by atoms with Crippen molar-refractivity contribution in [2.45, 2.75) is 44.2 Å². The van der Waals surface area contributed by atoms with Crippen molar-refractivity contribution in [2.75, 3.05) is 13.2 Å². The van der Waals surface area contributed by atoms with Gasteiger partial charge in [-0.25, -0.2) is 17.9 Å². The highest BCUT2D eigenvalue weighted by Crippen LogP contribution is 2.20. The number of esters is 1. The Morgan fingerprint density at radius 1 is 1.52 bits per heavy atom. The summed E-state index contributed by atoms with van der Waals surface area (Å²) < 4.78 is 32.1. The van der Waals surface area contributed by atoms with Crippen LogP contribution in [0.2, 0.25) is 0 Å². The number of aliphatic hydroxyl groups is 1. The molecule has 1 aromatic heterocycles. The first-order valence-electron chi connectivity index (χ1n) is 6.65. The number of ether oxygens (including phenoxy) is 1. The van der Waals surface area contributed by atoms with Crippen molar-refractivity contribution in [3.63, 3.8) is 0 Å². The molecule has 120 valence electrons. The monoisotopic (exact) mass is 319 g/mol. The molecule has 0 aliphatic heterocycles. The van der Waals surface area contributed by atoms with Crippen molar-refractivity contribution in [1.29, 1.82) is 0 Å². The number of carbonyl (C=O) groups is 1. The number of aliphatic hydroxyl groups excluding tert-OH is 1. The van der Waals surface area contributed by atoms with E-state index in [2.05, 4.69) is 14.9 Å². The molecule has 0 aromatic carbocycles. The quantitative estimate of drug-likeness (QED) is 0.597. The lowest BCUT2D eigenvalue weighted by molar-refractivity contribution is 0.0521. The van der Waals surface area contributed by atoms with Gasteiger partial charge in [0.2, 0.25) is 0 Å². The number of H-pyrrole nitrogens is 1. The van der Waals surface area contributed by atoms with Crippen molar-refractivity contribution < 1.29 is 23.1 Å². The second-order valence-electron chi connectivity index (χ2n) is 4.83. The Bertz CT molecular complexity index is 583. The summed E-state index contributed by atoms with van der Waals surface area (Å²) in [6.45, 7) is 5.09. The van der Waals surface area contributed by atoms with Crippen LogP contribution in [0.3, 0.4) is 0 Å². The first kappa shape index (κ1) is 17.6. The third-order valence-corrected chi connectivity index (χ3v) is 4.80. The van der Waals surface area contributed by atoms with Crippen LogP contribution in [0.4, 0.5) is 0 Å². The molecule has 1 atom stereocenters. The molecular formula is C12H21N3O5S. The van der Waals surface area contributed by atoms with E-state index < -0.39 is 21.5 Å². The van der Waals surface area contributed by atoms with Crippen molar-refractivity contribution >= 4 is 16.0 Å². The molecule has 1 unspecified atom stereocenters. The number of hydrogen-bond donors (Lipinski definition) is 3. The Morgan fingerprint density at radius 2 is 2.19 bits per heavy atom. The summed E-state index contributed by atoms with van der Waals surface area (Å²) in [7, 11) is -3.98. The molecule has 0 fully saturated rings. The van der Waals surface area contributed by atoms with Gasteiger partial charge < -0.3 is 9.84 Å². The van der Waals surface area contributed by atoms with Crippen LogP contribution >= 0.6 is 0 Å². The summed E-state index contributed by atoms with van der Waals surface area (Å²) in [4.78, 5) is 11.7. The molecule has 0 radical (unpaired) electrons. The largest absolute Gasteiger partial charge is 0.462 e. The van der Waals surface area contributed by atoms with Crippen LogP contribution in [0.5, 0.6) is 0 Å². The molecule has 0 saturated heterocycles. The van der Waals surface area contributed by atoms with Gasteiger partial charge in [0.25, 0.3) is 10.0 Å². The summed E-state index contributed by atoms with van der Waals surface area (Å²) in [5, 5.41) is 14.6. The zero-order valence-electron chi connectivity index (χ0n) is 12.3. The second-order valence-corrected chi connectivity index (χ2v) is 6.45. The molecule has 1 rings (SSSR count). The van der Waals surface area contributed by atoms with Crippen molar-refractivity contribution in [3.05, 3.63) is 11.8 Å². The zero-order valence-corrected chi connectivity index (χ0v) is 13.2. The number of nitrogens with one attached hydrogen (secondary N) is 2. The minimum absolute atomic E-state index is 0.133. The average molecular weight is 319 g/mol. The number of rotatable bonds is 8. The maximum Gasteiger partial charge on any atom is 0.342 e. The molecule has 3 N–H and O–H groups in total. The maximum absolute atomic E-state index is 12.4.